The summed E-state index contributed by atoms with van der Waals surface area (Å²) in [5, 5.41) is 2.42. The predicted octanol–water partition coefficient (Wildman–Crippen LogP) is 2.38. The maximum atomic E-state index is 12.7. The number of carbonyl (C=O) groups excluding carboxylic acids is 1. The van der Waals surface area contributed by atoms with E-state index in [2.05, 4.69) is 15.0 Å². The van der Waals surface area contributed by atoms with Crippen LogP contribution in [0.15, 0.2) is 18.3 Å². The number of anilines is 1. The Kier molecular flexibility index (Phi) is 2.92. The fourth-order valence-corrected chi connectivity index (χ4v) is 1.61. The van der Waals surface area contributed by atoms with Crippen LogP contribution in [0.1, 0.15) is 23.3 Å². The number of carbonyl (C=O) groups is 1. The monoisotopic (exact) mass is 260 g/mol. The molecule has 0 bridgehead atoms. The number of hydrogen-bond acceptors (Lipinski definition) is 4. The number of nitrogens with one attached hydrogen (secondary N) is 1. The van der Waals surface area contributed by atoms with Gasteiger partial charge in [-0.1, -0.05) is 0 Å². The molecule has 0 amide bonds. The summed E-state index contributed by atoms with van der Waals surface area (Å²) < 4.78 is 42.7. The number of halogens is 3. The lowest BCUT2D eigenvalue weighted by atomic mass is 10.2. The highest BCUT2D eigenvalue weighted by atomic mass is 19.4. The summed E-state index contributed by atoms with van der Waals surface area (Å²) >= 11 is 0. The highest BCUT2D eigenvalue weighted by molar-refractivity contribution is 5.88. The van der Waals surface area contributed by atoms with Gasteiger partial charge in [-0.2, -0.15) is 13.2 Å². The van der Waals surface area contributed by atoms with Crippen molar-refractivity contribution in [2.75, 3.05) is 12.4 Å². The summed E-state index contributed by atoms with van der Waals surface area (Å²) in [7, 11) is 1.18. The normalized spacial score (nSPS) is 17.1. The molecule has 4 nitrogen and oxygen atoms in total. The van der Waals surface area contributed by atoms with Gasteiger partial charge in [-0.3, -0.25) is 0 Å². The minimum Gasteiger partial charge on any atom is -0.464 e. The summed E-state index contributed by atoms with van der Waals surface area (Å²) in [4.78, 5) is 14.9. The topological polar surface area (TPSA) is 51.2 Å². The molecule has 1 N–H and O–H groups in total. The zero-order valence-corrected chi connectivity index (χ0v) is 9.54. The molecule has 0 unspecified atom stereocenters. The first-order valence-electron chi connectivity index (χ1n) is 5.27. The lowest BCUT2D eigenvalue weighted by Gasteiger charge is -2.21. The Morgan fingerprint density at radius 3 is 2.67 bits per heavy atom. The van der Waals surface area contributed by atoms with Crippen molar-refractivity contribution in [3.8, 4) is 0 Å². The van der Waals surface area contributed by atoms with E-state index in [0.29, 0.717) is 0 Å². The molecule has 7 heteroatoms. The number of hydrogen-bond donors (Lipinski definition) is 1. The second kappa shape index (κ2) is 4.15. The summed E-state index contributed by atoms with van der Waals surface area (Å²) in [5.74, 6) is -0.685. The van der Waals surface area contributed by atoms with Crippen LogP contribution in [0.25, 0.3) is 0 Å². The van der Waals surface area contributed by atoms with Gasteiger partial charge in [0.1, 0.15) is 11.2 Å². The Labute approximate surface area is 101 Å². The van der Waals surface area contributed by atoms with Gasteiger partial charge in [0, 0.05) is 11.9 Å². The molecule has 1 aromatic heterocycles. The molecule has 18 heavy (non-hydrogen) atoms. The van der Waals surface area contributed by atoms with Crippen LogP contribution >= 0.6 is 0 Å². The molecular formula is C11H11F3N2O2. The SMILES string of the molecule is COC(=O)c1cc(NC2(C(F)(F)F)CC2)ccn1. The van der Waals surface area contributed by atoms with Gasteiger partial charge < -0.3 is 10.1 Å². The molecule has 1 aliphatic carbocycles. The number of esters is 1. The third kappa shape index (κ3) is 2.25. The van der Waals surface area contributed by atoms with E-state index in [1.165, 1.54) is 25.4 Å². The Hall–Kier alpha value is -1.79. The van der Waals surface area contributed by atoms with E-state index >= 15 is 0 Å². The maximum Gasteiger partial charge on any atom is 0.411 e. The number of nitrogens with zero attached hydrogens (tertiary/aromatic N) is 1. The van der Waals surface area contributed by atoms with E-state index in [1.807, 2.05) is 0 Å². The van der Waals surface area contributed by atoms with Crippen molar-refractivity contribution in [1.29, 1.82) is 0 Å². The largest absolute Gasteiger partial charge is 0.464 e. The molecule has 0 atom stereocenters. The number of pyridine rings is 1. The quantitative estimate of drug-likeness (QED) is 0.848. The molecule has 0 radical (unpaired) electrons. The van der Waals surface area contributed by atoms with Gasteiger partial charge in [-0.25, -0.2) is 9.78 Å². The molecule has 0 aliphatic heterocycles. The standard InChI is InChI=1S/C11H11F3N2O2/c1-18-9(17)8-6-7(2-5-15-8)16-10(3-4-10)11(12,13)14/h2,5-6H,3-4H2,1H3,(H,15,16). The first-order chi connectivity index (χ1) is 8.38. The molecule has 0 saturated heterocycles. The first kappa shape index (κ1) is 12.7. The van der Waals surface area contributed by atoms with Crippen LogP contribution in [0.3, 0.4) is 0 Å². The van der Waals surface area contributed by atoms with Gasteiger partial charge in [0.25, 0.3) is 0 Å². The van der Waals surface area contributed by atoms with Gasteiger partial charge in [0.05, 0.1) is 7.11 Å². The molecule has 1 saturated carbocycles. The molecule has 1 aromatic rings. The number of alkyl halides is 3. The molecule has 1 aliphatic rings. The molecular weight excluding hydrogens is 249 g/mol. The molecule has 1 fully saturated rings. The highest BCUT2D eigenvalue weighted by Crippen LogP contribution is 2.51. The van der Waals surface area contributed by atoms with E-state index in [1.54, 1.807) is 0 Å². The minimum absolute atomic E-state index is 0.0273. The van der Waals surface area contributed by atoms with Gasteiger partial charge >= 0.3 is 12.1 Å². The van der Waals surface area contributed by atoms with E-state index in [9.17, 15) is 18.0 Å². The van der Waals surface area contributed by atoms with Crippen molar-refractivity contribution in [3.63, 3.8) is 0 Å². The molecule has 98 valence electrons. The van der Waals surface area contributed by atoms with Crippen LogP contribution in [0.4, 0.5) is 18.9 Å². The molecule has 0 spiro atoms. The average molecular weight is 260 g/mol. The van der Waals surface area contributed by atoms with E-state index in [-0.39, 0.29) is 24.2 Å². The number of methoxy groups -OCH3 is 1. The second-order valence-corrected chi connectivity index (χ2v) is 4.13. The second-order valence-electron chi connectivity index (χ2n) is 4.13. The lowest BCUT2D eigenvalue weighted by molar-refractivity contribution is -0.151. The van der Waals surface area contributed by atoms with Crippen LogP contribution < -0.4 is 5.32 Å². The number of rotatable bonds is 3. The average Bonchev–Trinajstić information content (AvgIpc) is 3.08. The summed E-state index contributed by atoms with van der Waals surface area (Å²) in [6.45, 7) is 0. The van der Waals surface area contributed by atoms with Crippen LogP contribution in [0, 0.1) is 0 Å². The summed E-state index contributed by atoms with van der Waals surface area (Å²) in [6.07, 6.45) is -2.97. The van der Waals surface area contributed by atoms with Crippen molar-refractivity contribution < 1.29 is 22.7 Å². The van der Waals surface area contributed by atoms with Crippen molar-refractivity contribution in [3.05, 3.63) is 24.0 Å². The van der Waals surface area contributed by atoms with Crippen molar-refractivity contribution in [2.24, 2.45) is 0 Å². The van der Waals surface area contributed by atoms with Gasteiger partial charge in [0.2, 0.25) is 0 Å². The van der Waals surface area contributed by atoms with E-state index in [4.69, 9.17) is 0 Å². The first-order valence-corrected chi connectivity index (χ1v) is 5.27. The Bertz CT molecular complexity index is 470. The molecule has 0 aromatic carbocycles. The van der Waals surface area contributed by atoms with Crippen LogP contribution in [-0.2, 0) is 4.74 Å². The van der Waals surface area contributed by atoms with Gasteiger partial charge in [-0.05, 0) is 25.0 Å². The fraction of sp³-hybridized carbons (Fsp3) is 0.455. The zero-order valence-electron chi connectivity index (χ0n) is 9.54. The highest BCUT2D eigenvalue weighted by Gasteiger charge is 2.63. The van der Waals surface area contributed by atoms with Crippen LogP contribution in [0.2, 0.25) is 0 Å². The smallest absolute Gasteiger partial charge is 0.411 e. The van der Waals surface area contributed by atoms with E-state index in [0.717, 1.165) is 0 Å². The Morgan fingerprint density at radius 2 is 2.17 bits per heavy atom. The third-order valence-corrected chi connectivity index (χ3v) is 2.83. The van der Waals surface area contributed by atoms with Crippen molar-refractivity contribution in [1.82, 2.24) is 4.98 Å². The molecule has 1 heterocycles. The minimum atomic E-state index is -4.30. The summed E-state index contributed by atoms with van der Waals surface area (Å²) in [6, 6.07) is 2.63. The third-order valence-electron chi connectivity index (χ3n) is 2.83. The van der Waals surface area contributed by atoms with Gasteiger partial charge in [-0.15, -0.1) is 0 Å². The molecule has 2 rings (SSSR count). The number of ether oxygens (including phenoxy) is 1. The summed E-state index contributed by atoms with van der Waals surface area (Å²) in [5.41, 5.74) is -1.68. The Balaban J connectivity index is 2.18. The fourth-order valence-electron chi connectivity index (χ4n) is 1.61. The van der Waals surface area contributed by atoms with E-state index < -0.39 is 17.7 Å². The zero-order chi connectivity index (χ0) is 13.4. The predicted molar refractivity (Wildman–Crippen MR) is 57.2 cm³/mol. The van der Waals surface area contributed by atoms with Crippen LogP contribution in [-0.4, -0.2) is 29.8 Å². The lowest BCUT2D eigenvalue weighted by Crippen LogP contribution is -2.38. The maximum absolute atomic E-state index is 12.7. The van der Waals surface area contributed by atoms with Gasteiger partial charge in [0.15, 0.2) is 0 Å². The van der Waals surface area contributed by atoms with Crippen molar-refractivity contribution in [2.45, 2.75) is 24.6 Å². The van der Waals surface area contributed by atoms with Crippen LogP contribution in [0.5, 0.6) is 0 Å². The Morgan fingerprint density at radius 1 is 1.50 bits per heavy atom. The number of aromatic nitrogens is 1. The van der Waals surface area contributed by atoms with Crippen molar-refractivity contribution >= 4 is 11.7 Å².